The molecule has 1 aliphatic rings. The molecule has 2 heterocycles. The maximum Gasteiger partial charge on any atom is 0.416 e. The molecule has 0 unspecified atom stereocenters. The van der Waals surface area contributed by atoms with E-state index in [4.69, 9.17) is 9.15 Å². The molecule has 12 heteroatoms. The van der Waals surface area contributed by atoms with E-state index in [1.54, 1.807) is 6.07 Å². The van der Waals surface area contributed by atoms with E-state index < -0.39 is 17.6 Å². The molecule has 3 aromatic rings. The van der Waals surface area contributed by atoms with Gasteiger partial charge in [-0.25, -0.2) is 0 Å². The smallest absolute Gasteiger partial charge is 0.411 e. The van der Waals surface area contributed by atoms with Gasteiger partial charge in [-0.05, 0) is 46.3 Å². The quantitative estimate of drug-likeness (QED) is 0.434. The van der Waals surface area contributed by atoms with E-state index >= 15 is 0 Å². The molecule has 0 spiro atoms. The summed E-state index contributed by atoms with van der Waals surface area (Å²) >= 11 is 4.41. The molecule has 1 saturated heterocycles. The summed E-state index contributed by atoms with van der Waals surface area (Å²) in [5.41, 5.74) is 0.480. The number of aromatic nitrogens is 2. The predicted octanol–water partition coefficient (Wildman–Crippen LogP) is 5.09. The van der Waals surface area contributed by atoms with E-state index in [9.17, 15) is 18.0 Å². The first-order chi connectivity index (χ1) is 15.8. The molecule has 0 aliphatic carbocycles. The van der Waals surface area contributed by atoms with Crippen LogP contribution in [0.2, 0.25) is 0 Å². The summed E-state index contributed by atoms with van der Waals surface area (Å²) in [6.45, 7) is 1.95. The fourth-order valence-corrected chi connectivity index (χ4v) is 4.24. The molecule has 7 nitrogen and oxygen atoms in total. The van der Waals surface area contributed by atoms with Crippen LogP contribution in [0.5, 0.6) is 0 Å². The molecule has 1 aliphatic heterocycles. The molecule has 1 amide bonds. The fourth-order valence-electron chi connectivity index (χ4n) is 3.22. The average molecular weight is 543 g/mol. The first-order valence-corrected chi connectivity index (χ1v) is 11.6. The summed E-state index contributed by atoms with van der Waals surface area (Å²) in [5.74, 6) is -0.316. The van der Waals surface area contributed by atoms with Gasteiger partial charge in [0.1, 0.15) is 0 Å². The van der Waals surface area contributed by atoms with Crippen LogP contribution in [0.15, 0.2) is 56.6 Å². The molecule has 1 N–H and O–H groups in total. The third-order valence-electron chi connectivity index (χ3n) is 4.79. The van der Waals surface area contributed by atoms with Gasteiger partial charge in [-0.1, -0.05) is 23.9 Å². The second-order valence-corrected chi connectivity index (χ2v) is 8.80. The number of hydrogen-bond donors (Lipinski definition) is 1. The highest BCUT2D eigenvalue weighted by molar-refractivity contribution is 9.10. The summed E-state index contributed by atoms with van der Waals surface area (Å²) in [5, 5.41) is 10.7. The van der Waals surface area contributed by atoms with Crippen LogP contribution in [0.4, 0.5) is 24.5 Å². The molecule has 0 bridgehead atoms. The van der Waals surface area contributed by atoms with Crippen molar-refractivity contribution >= 4 is 45.0 Å². The molecule has 0 radical (unpaired) electrons. The number of thioether (sulfide) groups is 1. The van der Waals surface area contributed by atoms with Crippen molar-refractivity contribution in [2.45, 2.75) is 11.4 Å². The molecule has 174 valence electrons. The summed E-state index contributed by atoms with van der Waals surface area (Å²) in [6, 6.07) is 10.6. The Morgan fingerprint density at radius 2 is 1.91 bits per heavy atom. The third-order valence-corrected chi connectivity index (χ3v) is 6.30. The second kappa shape index (κ2) is 10.1. The van der Waals surface area contributed by atoms with Gasteiger partial charge in [0.2, 0.25) is 11.8 Å². The van der Waals surface area contributed by atoms with Gasteiger partial charge in [0.05, 0.1) is 41.5 Å². The van der Waals surface area contributed by atoms with Crippen LogP contribution < -0.4 is 10.2 Å². The van der Waals surface area contributed by atoms with Crippen LogP contribution in [-0.2, 0) is 15.7 Å². The van der Waals surface area contributed by atoms with Crippen molar-refractivity contribution in [1.29, 1.82) is 0 Å². The van der Waals surface area contributed by atoms with Crippen molar-refractivity contribution in [3.05, 3.63) is 52.5 Å². The van der Waals surface area contributed by atoms with E-state index in [1.807, 2.05) is 23.1 Å². The van der Waals surface area contributed by atoms with Gasteiger partial charge in [-0.15, -0.1) is 10.2 Å². The number of rotatable bonds is 6. The summed E-state index contributed by atoms with van der Waals surface area (Å²) < 4.78 is 51.4. The van der Waals surface area contributed by atoms with Crippen molar-refractivity contribution in [3.8, 4) is 11.5 Å². The minimum absolute atomic E-state index is 0.0942. The van der Waals surface area contributed by atoms with Gasteiger partial charge in [-0.3, -0.25) is 4.79 Å². The standard InChI is InChI=1S/C21H18BrF3N4O3S/c22-15-4-2-1-3-14(15)19-27-28-20(32-19)33-12-18(30)26-16-11-13(21(23,24)25)5-6-17(16)29-7-9-31-10-8-29/h1-6,11H,7-10,12H2,(H,26,30). The third kappa shape index (κ3) is 5.87. The van der Waals surface area contributed by atoms with Crippen molar-refractivity contribution in [1.82, 2.24) is 10.2 Å². The highest BCUT2D eigenvalue weighted by Gasteiger charge is 2.32. The molecule has 33 heavy (non-hydrogen) atoms. The number of anilines is 2. The zero-order valence-corrected chi connectivity index (χ0v) is 19.5. The maximum absolute atomic E-state index is 13.2. The number of hydrogen-bond acceptors (Lipinski definition) is 7. The van der Waals surface area contributed by atoms with E-state index in [1.165, 1.54) is 6.07 Å². The van der Waals surface area contributed by atoms with Gasteiger partial charge in [0, 0.05) is 17.6 Å². The number of ether oxygens (including phenoxy) is 1. The van der Waals surface area contributed by atoms with Gasteiger partial charge in [0.15, 0.2) is 0 Å². The van der Waals surface area contributed by atoms with Crippen molar-refractivity contribution in [2.75, 3.05) is 42.3 Å². The molecule has 1 fully saturated rings. The molecule has 0 saturated carbocycles. The first-order valence-electron chi connectivity index (χ1n) is 9.86. The van der Waals surface area contributed by atoms with E-state index in [2.05, 4.69) is 31.4 Å². The zero-order valence-electron chi connectivity index (χ0n) is 17.1. The van der Waals surface area contributed by atoms with Gasteiger partial charge >= 0.3 is 6.18 Å². The van der Waals surface area contributed by atoms with E-state index in [-0.39, 0.29) is 22.6 Å². The number of amides is 1. The lowest BCUT2D eigenvalue weighted by molar-refractivity contribution is -0.137. The Kier molecular flexibility index (Phi) is 7.25. The molecule has 0 atom stereocenters. The lowest BCUT2D eigenvalue weighted by Crippen LogP contribution is -2.37. The topological polar surface area (TPSA) is 80.5 Å². The Morgan fingerprint density at radius 1 is 1.15 bits per heavy atom. The highest BCUT2D eigenvalue weighted by atomic mass is 79.9. The molecular weight excluding hydrogens is 525 g/mol. The Balaban J connectivity index is 1.46. The number of benzene rings is 2. The Morgan fingerprint density at radius 3 is 2.64 bits per heavy atom. The lowest BCUT2D eigenvalue weighted by Gasteiger charge is -2.31. The van der Waals surface area contributed by atoms with Gasteiger partial charge in [0.25, 0.3) is 5.22 Å². The SMILES string of the molecule is O=C(CSc1nnc(-c2ccccc2Br)o1)Nc1cc(C(F)(F)F)ccc1N1CCOCC1. The normalized spacial score (nSPS) is 14.4. The van der Waals surface area contributed by atoms with Gasteiger partial charge in [-0.2, -0.15) is 13.2 Å². The van der Waals surface area contributed by atoms with Crippen LogP contribution in [0.25, 0.3) is 11.5 Å². The van der Waals surface area contributed by atoms with Crippen molar-refractivity contribution < 1.29 is 27.1 Å². The number of alkyl halides is 3. The summed E-state index contributed by atoms with van der Waals surface area (Å²) in [6.07, 6.45) is -4.52. The zero-order chi connectivity index (χ0) is 23.4. The minimum atomic E-state index is -4.52. The number of carbonyl (C=O) groups excluding carboxylic acids is 1. The summed E-state index contributed by atoms with van der Waals surface area (Å²) in [4.78, 5) is 14.4. The first kappa shape index (κ1) is 23.6. The number of carbonyl (C=O) groups is 1. The second-order valence-electron chi connectivity index (χ2n) is 7.02. The van der Waals surface area contributed by atoms with E-state index in [0.717, 1.165) is 28.4 Å². The van der Waals surface area contributed by atoms with Crippen molar-refractivity contribution in [2.24, 2.45) is 0 Å². The van der Waals surface area contributed by atoms with Crippen LogP contribution in [0.1, 0.15) is 5.56 Å². The fraction of sp³-hybridized carbons (Fsp3) is 0.286. The Bertz CT molecular complexity index is 1140. The lowest BCUT2D eigenvalue weighted by atomic mass is 10.1. The van der Waals surface area contributed by atoms with Crippen LogP contribution in [0, 0.1) is 0 Å². The van der Waals surface area contributed by atoms with Gasteiger partial charge < -0.3 is 19.4 Å². The van der Waals surface area contributed by atoms with Crippen LogP contribution in [-0.4, -0.2) is 48.2 Å². The predicted molar refractivity (Wildman–Crippen MR) is 121 cm³/mol. The Labute approximate surface area is 199 Å². The minimum Gasteiger partial charge on any atom is -0.411 e. The Hall–Kier alpha value is -2.57. The maximum atomic E-state index is 13.2. The number of nitrogens with zero attached hydrogens (tertiary/aromatic N) is 3. The monoisotopic (exact) mass is 542 g/mol. The number of morpholine rings is 1. The number of halogens is 4. The van der Waals surface area contributed by atoms with Crippen LogP contribution in [0.3, 0.4) is 0 Å². The average Bonchev–Trinajstić information content (AvgIpc) is 3.27. The highest BCUT2D eigenvalue weighted by Crippen LogP contribution is 2.36. The van der Waals surface area contributed by atoms with Crippen molar-refractivity contribution in [3.63, 3.8) is 0 Å². The molecular formula is C21H18BrF3N4O3S. The van der Waals surface area contributed by atoms with Crippen LogP contribution >= 0.6 is 27.7 Å². The number of nitrogens with one attached hydrogen (secondary N) is 1. The molecule has 1 aromatic heterocycles. The molecule has 4 rings (SSSR count). The molecule has 2 aromatic carbocycles. The van der Waals surface area contributed by atoms with E-state index in [0.29, 0.717) is 37.6 Å². The largest absolute Gasteiger partial charge is 0.416 e. The summed E-state index contributed by atoms with van der Waals surface area (Å²) in [7, 11) is 0.